The van der Waals surface area contributed by atoms with E-state index in [1.807, 2.05) is 40.1 Å². The third-order valence-electron chi connectivity index (χ3n) is 7.01. The summed E-state index contributed by atoms with van der Waals surface area (Å²) in [4.78, 5) is 31.6. The lowest BCUT2D eigenvalue weighted by Gasteiger charge is -2.27. The molecule has 3 fully saturated rings. The number of aromatic nitrogens is 2. The minimum atomic E-state index is 0.0580. The molecule has 1 aromatic heterocycles. The highest BCUT2D eigenvalue weighted by atomic mass is 16.5. The van der Waals surface area contributed by atoms with Gasteiger partial charge in [0.2, 0.25) is 11.8 Å². The average Bonchev–Trinajstić information content (AvgIpc) is 3.79. The number of hydrogen-bond donors (Lipinski definition) is 0. The SMILES string of the molecule is COc1ccc(-c2ccc(N3CCCN(C(=O)CN(C(=O)C4CC4)C4CC4)CC3)nn2)cc1OC. The molecule has 2 heterocycles. The van der Waals surface area contributed by atoms with Gasteiger partial charge in [-0.3, -0.25) is 9.59 Å². The van der Waals surface area contributed by atoms with Gasteiger partial charge in [-0.2, -0.15) is 0 Å². The molecule has 2 aromatic rings. The lowest BCUT2D eigenvalue weighted by atomic mass is 10.1. The summed E-state index contributed by atoms with van der Waals surface area (Å²) in [5.41, 5.74) is 1.65. The zero-order valence-corrected chi connectivity index (χ0v) is 20.5. The quantitative estimate of drug-likeness (QED) is 0.575. The summed E-state index contributed by atoms with van der Waals surface area (Å²) < 4.78 is 10.7. The Balaban J connectivity index is 1.20. The van der Waals surface area contributed by atoms with Gasteiger partial charge in [0.1, 0.15) is 6.54 Å². The van der Waals surface area contributed by atoms with Gasteiger partial charge in [-0.05, 0) is 62.4 Å². The van der Waals surface area contributed by atoms with Gasteiger partial charge >= 0.3 is 0 Å². The molecule has 0 atom stereocenters. The van der Waals surface area contributed by atoms with E-state index in [2.05, 4.69) is 15.1 Å². The Morgan fingerprint density at radius 1 is 0.943 bits per heavy atom. The molecule has 2 aliphatic carbocycles. The Morgan fingerprint density at radius 3 is 2.40 bits per heavy atom. The largest absolute Gasteiger partial charge is 0.493 e. The van der Waals surface area contributed by atoms with Crippen LogP contribution in [-0.2, 0) is 9.59 Å². The molecule has 2 amide bonds. The van der Waals surface area contributed by atoms with Crippen molar-refractivity contribution in [1.29, 1.82) is 0 Å². The zero-order valence-electron chi connectivity index (χ0n) is 20.5. The summed E-state index contributed by atoms with van der Waals surface area (Å²) in [5, 5.41) is 8.90. The molecule has 1 saturated heterocycles. The van der Waals surface area contributed by atoms with Crippen molar-refractivity contribution in [2.75, 3.05) is 51.8 Å². The Hall–Kier alpha value is -3.36. The van der Waals surface area contributed by atoms with Gasteiger partial charge < -0.3 is 24.2 Å². The molecule has 35 heavy (non-hydrogen) atoms. The van der Waals surface area contributed by atoms with E-state index < -0.39 is 0 Å². The van der Waals surface area contributed by atoms with Gasteiger partial charge in [-0.1, -0.05) is 0 Å². The van der Waals surface area contributed by atoms with Crippen LogP contribution in [0.5, 0.6) is 11.5 Å². The predicted molar refractivity (Wildman–Crippen MR) is 131 cm³/mol. The third-order valence-corrected chi connectivity index (χ3v) is 7.01. The standard InChI is InChI=1S/C26H33N5O4/c1-34-22-10-6-19(16-23(22)35-2)21-9-11-24(28-27-21)29-12-3-13-30(15-14-29)25(32)17-31(20-7-8-20)26(33)18-4-5-18/h6,9-11,16,18,20H,3-5,7-8,12-15,17H2,1-2H3. The lowest BCUT2D eigenvalue weighted by Crippen LogP contribution is -2.45. The molecule has 186 valence electrons. The normalized spacial score (nSPS) is 18.1. The maximum atomic E-state index is 13.1. The fourth-order valence-electron chi connectivity index (χ4n) is 4.62. The summed E-state index contributed by atoms with van der Waals surface area (Å²) in [6.07, 6.45) is 4.85. The topological polar surface area (TPSA) is 88.1 Å². The number of anilines is 1. The minimum absolute atomic E-state index is 0.0580. The van der Waals surface area contributed by atoms with Crippen LogP contribution in [0.25, 0.3) is 11.3 Å². The van der Waals surface area contributed by atoms with Crippen molar-refractivity contribution in [3.05, 3.63) is 30.3 Å². The van der Waals surface area contributed by atoms with Crippen molar-refractivity contribution in [2.24, 2.45) is 5.92 Å². The molecule has 3 aliphatic rings. The van der Waals surface area contributed by atoms with Crippen LogP contribution in [-0.4, -0.2) is 84.8 Å². The second-order valence-electron chi connectivity index (χ2n) is 9.54. The second-order valence-corrected chi connectivity index (χ2v) is 9.54. The molecule has 2 saturated carbocycles. The van der Waals surface area contributed by atoms with Crippen LogP contribution >= 0.6 is 0 Å². The van der Waals surface area contributed by atoms with Crippen LogP contribution in [0.2, 0.25) is 0 Å². The van der Waals surface area contributed by atoms with E-state index in [-0.39, 0.29) is 30.3 Å². The first kappa shape index (κ1) is 23.4. The molecule has 1 aliphatic heterocycles. The van der Waals surface area contributed by atoms with E-state index in [1.54, 1.807) is 14.2 Å². The highest BCUT2D eigenvalue weighted by molar-refractivity contribution is 5.87. The van der Waals surface area contributed by atoms with E-state index >= 15 is 0 Å². The summed E-state index contributed by atoms with van der Waals surface area (Å²) in [6.45, 7) is 3.04. The van der Waals surface area contributed by atoms with E-state index in [9.17, 15) is 9.59 Å². The molecule has 1 aromatic carbocycles. The number of rotatable bonds is 8. The van der Waals surface area contributed by atoms with Crippen molar-refractivity contribution < 1.29 is 19.1 Å². The molecule has 9 heteroatoms. The van der Waals surface area contributed by atoms with Gasteiger partial charge in [0, 0.05) is 43.7 Å². The first-order valence-electron chi connectivity index (χ1n) is 12.5. The van der Waals surface area contributed by atoms with Gasteiger partial charge in [0.15, 0.2) is 17.3 Å². The predicted octanol–water partition coefficient (Wildman–Crippen LogP) is 2.60. The minimum Gasteiger partial charge on any atom is -0.493 e. The van der Waals surface area contributed by atoms with Gasteiger partial charge in [-0.15, -0.1) is 10.2 Å². The number of nitrogens with zero attached hydrogens (tertiary/aromatic N) is 5. The molecule has 0 unspecified atom stereocenters. The number of ether oxygens (including phenoxy) is 2. The molecule has 5 rings (SSSR count). The molecule has 0 N–H and O–H groups in total. The Morgan fingerprint density at radius 2 is 1.74 bits per heavy atom. The van der Waals surface area contributed by atoms with Crippen LogP contribution in [0.15, 0.2) is 30.3 Å². The van der Waals surface area contributed by atoms with Crippen LogP contribution in [0.3, 0.4) is 0 Å². The average molecular weight is 480 g/mol. The lowest BCUT2D eigenvalue weighted by molar-refractivity contribution is -0.141. The van der Waals surface area contributed by atoms with E-state index in [1.165, 1.54) is 0 Å². The van der Waals surface area contributed by atoms with Crippen molar-refractivity contribution in [1.82, 2.24) is 20.0 Å². The Kier molecular flexibility index (Phi) is 6.74. The number of amides is 2. The number of hydrogen-bond acceptors (Lipinski definition) is 7. The maximum Gasteiger partial charge on any atom is 0.242 e. The highest BCUT2D eigenvalue weighted by Crippen LogP contribution is 2.36. The van der Waals surface area contributed by atoms with Gasteiger partial charge in [0.25, 0.3) is 0 Å². The first-order valence-corrected chi connectivity index (χ1v) is 12.5. The van der Waals surface area contributed by atoms with Crippen molar-refractivity contribution in [3.63, 3.8) is 0 Å². The molecular formula is C26H33N5O4. The van der Waals surface area contributed by atoms with Crippen LogP contribution in [0.1, 0.15) is 32.1 Å². The summed E-state index contributed by atoms with van der Waals surface area (Å²) >= 11 is 0. The number of carbonyl (C=O) groups excluding carboxylic acids is 2. The summed E-state index contributed by atoms with van der Waals surface area (Å²) in [6, 6.07) is 9.87. The molecule has 9 nitrogen and oxygen atoms in total. The monoisotopic (exact) mass is 479 g/mol. The maximum absolute atomic E-state index is 13.1. The highest BCUT2D eigenvalue weighted by Gasteiger charge is 2.41. The number of carbonyl (C=O) groups is 2. The van der Waals surface area contributed by atoms with Gasteiger partial charge in [-0.25, -0.2) is 0 Å². The second kappa shape index (κ2) is 10.1. The first-order chi connectivity index (χ1) is 17.1. The van der Waals surface area contributed by atoms with Crippen LogP contribution < -0.4 is 14.4 Å². The summed E-state index contributed by atoms with van der Waals surface area (Å²) in [5.74, 6) is 2.51. The van der Waals surface area contributed by atoms with Crippen molar-refractivity contribution >= 4 is 17.6 Å². The fraction of sp³-hybridized carbons (Fsp3) is 0.538. The van der Waals surface area contributed by atoms with E-state index in [0.29, 0.717) is 31.1 Å². The van der Waals surface area contributed by atoms with Crippen LogP contribution in [0, 0.1) is 5.92 Å². The fourth-order valence-corrected chi connectivity index (χ4v) is 4.62. The van der Waals surface area contributed by atoms with Gasteiger partial charge in [0.05, 0.1) is 19.9 Å². The molecule has 0 spiro atoms. The zero-order chi connectivity index (χ0) is 24.4. The Bertz CT molecular complexity index is 1070. The third kappa shape index (κ3) is 5.33. The van der Waals surface area contributed by atoms with E-state index in [4.69, 9.17) is 9.47 Å². The van der Waals surface area contributed by atoms with Crippen LogP contribution in [0.4, 0.5) is 5.82 Å². The van der Waals surface area contributed by atoms with Crippen molar-refractivity contribution in [2.45, 2.75) is 38.1 Å². The summed E-state index contributed by atoms with van der Waals surface area (Å²) in [7, 11) is 3.22. The van der Waals surface area contributed by atoms with Crippen molar-refractivity contribution in [3.8, 4) is 22.8 Å². The molecule has 0 radical (unpaired) electrons. The molecular weight excluding hydrogens is 446 g/mol. The smallest absolute Gasteiger partial charge is 0.242 e. The van der Waals surface area contributed by atoms with E-state index in [0.717, 1.165) is 55.7 Å². The number of benzene rings is 1. The Labute approximate surface area is 206 Å². The number of methoxy groups -OCH3 is 2. The molecule has 0 bridgehead atoms.